The third-order valence-corrected chi connectivity index (χ3v) is 3.76. The number of pyridine rings is 1. The van der Waals surface area contributed by atoms with E-state index in [0.29, 0.717) is 0 Å². The Morgan fingerprint density at radius 2 is 1.85 bits per heavy atom. The number of aromatic nitrogens is 1. The van der Waals surface area contributed by atoms with Crippen LogP contribution in [0.1, 0.15) is 10.4 Å². The van der Waals surface area contributed by atoms with Gasteiger partial charge in [0.2, 0.25) is 0 Å². The van der Waals surface area contributed by atoms with Crippen LogP contribution in [0.15, 0.2) is 48.8 Å². The number of anilines is 1. The van der Waals surface area contributed by atoms with Crippen LogP contribution in [0.5, 0.6) is 0 Å². The molecule has 0 radical (unpaired) electrons. The Balaban J connectivity index is 2.03. The summed E-state index contributed by atoms with van der Waals surface area (Å²) in [5, 5.41) is 2.93. The number of benzene rings is 1. The molecule has 1 atom stereocenters. The number of hydrogen-bond acceptors (Lipinski definition) is 4. The van der Waals surface area contributed by atoms with Gasteiger partial charge in [-0.3, -0.25) is 19.9 Å². The lowest BCUT2D eigenvalue weighted by Crippen LogP contribution is -2.69. The highest BCUT2D eigenvalue weighted by atomic mass is 19.4. The fraction of sp³-hybridized carbons (Fsp3) is 0.125. The maximum atomic E-state index is 13.9. The van der Waals surface area contributed by atoms with Crippen LogP contribution in [0.3, 0.4) is 0 Å². The fourth-order valence-corrected chi connectivity index (χ4v) is 2.47. The Hall–Kier alpha value is -3.50. The third-order valence-electron chi connectivity index (χ3n) is 3.76. The van der Waals surface area contributed by atoms with Crippen molar-refractivity contribution in [2.75, 3.05) is 4.90 Å². The normalized spacial score (nSPS) is 19.8. The number of urea groups is 1. The van der Waals surface area contributed by atoms with Gasteiger partial charge in [-0.2, -0.15) is 13.2 Å². The minimum Gasteiger partial charge on any atom is -0.314 e. The quantitative estimate of drug-likeness (QED) is 0.627. The minimum atomic E-state index is -5.41. The van der Waals surface area contributed by atoms with Gasteiger partial charge in [0, 0.05) is 12.4 Å². The van der Waals surface area contributed by atoms with Gasteiger partial charge < -0.3 is 5.32 Å². The summed E-state index contributed by atoms with van der Waals surface area (Å²) >= 11 is 0. The first-order valence-electron chi connectivity index (χ1n) is 7.38. The molecule has 2 N–H and O–H groups in total. The number of carbonyl (C=O) groups is 3. The molecule has 1 aromatic heterocycles. The van der Waals surface area contributed by atoms with Gasteiger partial charge in [0.25, 0.3) is 17.5 Å². The summed E-state index contributed by atoms with van der Waals surface area (Å²) in [6.45, 7) is 0. The second kappa shape index (κ2) is 6.34. The van der Waals surface area contributed by atoms with Gasteiger partial charge in [0.1, 0.15) is 5.82 Å². The van der Waals surface area contributed by atoms with E-state index < -0.39 is 41.2 Å². The lowest BCUT2D eigenvalue weighted by molar-refractivity contribution is -0.197. The van der Waals surface area contributed by atoms with Crippen molar-refractivity contribution in [3.05, 3.63) is 60.2 Å². The monoisotopic (exact) mass is 382 g/mol. The first-order valence-corrected chi connectivity index (χ1v) is 7.38. The summed E-state index contributed by atoms with van der Waals surface area (Å²) in [6.07, 6.45) is -3.13. The number of rotatable bonds is 3. The number of nitrogens with one attached hydrogen (secondary N) is 2. The first kappa shape index (κ1) is 18.3. The van der Waals surface area contributed by atoms with Crippen molar-refractivity contribution in [2.45, 2.75) is 11.8 Å². The Kier molecular flexibility index (Phi) is 4.30. The zero-order valence-corrected chi connectivity index (χ0v) is 13.2. The zero-order valence-electron chi connectivity index (χ0n) is 13.2. The second-order valence-electron chi connectivity index (χ2n) is 5.47. The SMILES string of the molecule is O=C(N[C@]1(C(F)(F)F)NC(=O)N(c2ccccc2F)C1=O)c1cccnc1. The number of para-hydroxylation sites is 1. The molecule has 11 heteroatoms. The number of nitrogens with zero attached hydrogens (tertiary/aromatic N) is 2. The molecule has 2 heterocycles. The number of hydrogen-bond donors (Lipinski definition) is 2. The molecule has 0 aliphatic carbocycles. The van der Waals surface area contributed by atoms with E-state index in [0.717, 1.165) is 18.3 Å². The van der Waals surface area contributed by atoms with Gasteiger partial charge >= 0.3 is 12.2 Å². The van der Waals surface area contributed by atoms with Crippen LogP contribution in [0.25, 0.3) is 0 Å². The molecule has 1 saturated heterocycles. The molecule has 4 amide bonds. The van der Waals surface area contributed by atoms with Gasteiger partial charge in [-0.15, -0.1) is 0 Å². The van der Waals surface area contributed by atoms with Crippen LogP contribution >= 0.6 is 0 Å². The number of imide groups is 1. The van der Waals surface area contributed by atoms with Crippen molar-refractivity contribution in [3.63, 3.8) is 0 Å². The van der Waals surface area contributed by atoms with Gasteiger partial charge in [0.15, 0.2) is 0 Å². The molecular formula is C16H10F4N4O3. The lowest BCUT2D eigenvalue weighted by Gasteiger charge is -2.29. The first-order chi connectivity index (χ1) is 12.7. The molecular weight excluding hydrogens is 372 g/mol. The van der Waals surface area contributed by atoms with E-state index >= 15 is 0 Å². The van der Waals surface area contributed by atoms with Crippen LogP contribution in [-0.2, 0) is 4.79 Å². The highest BCUT2D eigenvalue weighted by Gasteiger charge is 2.69. The van der Waals surface area contributed by atoms with E-state index in [1.165, 1.54) is 41.1 Å². The van der Waals surface area contributed by atoms with E-state index in [4.69, 9.17) is 0 Å². The summed E-state index contributed by atoms with van der Waals surface area (Å²) in [4.78, 5) is 40.4. The molecule has 1 fully saturated rings. The van der Waals surface area contributed by atoms with E-state index in [1.54, 1.807) is 0 Å². The van der Waals surface area contributed by atoms with Crippen molar-refractivity contribution in [1.29, 1.82) is 0 Å². The molecule has 3 rings (SSSR count). The maximum absolute atomic E-state index is 13.9. The zero-order chi connectivity index (χ0) is 19.8. The van der Waals surface area contributed by atoms with E-state index in [-0.39, 0.29) is 10.5 Å². The minimum absolute atomic E-state index is 0.00759. The van der Waals surface area contributed by atoms with Gasteiger partial charge in [-0.25, -0.2) is 14.1 Å². The lowest BCUT2D eigenvalue weighted by atomic mass is 10.1. The fourth-order valence-electron chi connectivity index (χ4n) is 2.47. The molecule has 1 aromatic carbocycles. The van der Waals surface area contributed by atoms with Crippen molar-refractivity contribution >= 4 is 23.5 Å². The highest BCUT2D eigenvalue weighted by molar-refractivity contribution is 6.24. The van der Waals surface area contributed by atoms with Gasteiger partial charge in [-0.05, 0) is 24.3 Å². The van der Waals surface area contributed by atoms with Crippen LogP contribution < -0.4 is 15.5 Å². The van der Waals surface area contributed by atoms with Gasteiger partial charge in [0.05, 0.1) is 11.3 Å². The predicted octanol–water partition coefficient (Wildman–Crippen LogP) is 1.97. The Morgan fingerprint density at radius 3 is 2.44 bits per heavy atom. The second-order valence-corrected chi connectivity index (χ2v) is 5.47. The number of halogens is 4. The van der Waals surface area contributed by atoms with Crippen LogP contribution in [-0.4, -0.2) is 34.7 Å². The molecule has 1 aliphatic heterocycles. The van der Waals surface area contributed by atoms with Crippen molar-refractivity contribution in [1.82, 2.24) is 15.6 Å². The van der Waals surface area contributed by atoms with Crippen molar-refractivity contribution in [3.8, 4) is 0 Å². The number of amides is 4. The average Bonchev–Trinajstić information content (AvgIpc) is 2.87. The molecule has 27 heavy (non-hydrogen) atoms. The maximum Gasteiger partial charge on any atom is 0.440 e. The molecule has 0 unspecified atom stereocenters. The summed E-state index contributed by atoms with van der Waals surface area (Å²) in [5.41, 5.74) is -4.70. The molecule has 140 valence electrons. The van der Waals surface area contributed by atoms with Crippen LogP contribution in [0, 0.1) is 5.82 Å². The molecule has 0 saturated carbocycles. The highest BCUT2D eigenvalue weighted by Crippen LogP contribution is 2.36. The molecule has 0 spiro atoms. The predicted molar refractivity (Wildman–Crippen MR) is 82.9 cm³/mol. The van der Waals surface area contributed by atoms with E-state index in [9.17, 15) is 31.9 Å². The number of carbonyl (C=O) groups excluding carboxylic acids is 3. The Labute approximate surface area is 149 Å². The molecule has 2 aromatic rings. The van der Waals surface area contributed by atoms with Crippen molar-refractivity contribution < 1.29 is 31.9 Å². The largest absolute Gasteiger partial charge is 0.440 e. The van der Waals surface area contributed by atoms with Gasteiger partial charge in [-0.1, -0.05) is 12.1 Å². The molecule has 0 bridgehead atoms. The van der Waals surface area contributed by atoms with Crippen LogP contribution in [0.4, 0.5) is 28.0 Å². The third kappa shape index (κ3) is 2.96. The van der Waals surface area contributed by atoms with Crippen LogP contribution in [0.2, 0.25) is 0 Å². The summed E-state index contributed by atoms with van der Waals surface area (Å²) < 4.78 is 55.1. The van der Waals surface area contributed by atoms with E-state index in [2.05, 4.69) is 4.98 Å². The topological polar surface area (TPSA) is 91.4 Å². The summed E-state index contributed by atoms with van der Waals surface area (Å²) in [5.74, 6) is -4.27. The average molecular weight is 382 g/mol. The Morgan fingerprint density at radius 1 is 1.15 bits per heavy atom. The molecule has 1 aliphatic rings. The number of alkyl halides is 3. The smallest absolute Gasteiger partial charge is 0.314 e. The standard InChI is InChI=1S/C16H10F4N4O3/c17-10-5-1-2-6-11(10)24-13(26)15(16(18,19)20,23-14(24)27)22-12(25)9-4-3-7-21-8-9/h1-8H,(H,22,25)(H,23,27)/t15-/m0/s1. The Bertz CT molecular complexity index is 919. The molecule has 7 nitrogen and oxygen atoms in total. The summed E-state index contributed by atoms with van der Waals surface area (Å²) in [6, 6.07) is 5.24. The van der Waals surface area contributed by atoms with Crippen molar-refractivity contribution in [2.24, 2.45) is 0 Å². The van der Waals surface area contributed by atoms with E-state index in [1.807, 2.05) is 0 Å². The summed E-state index contributed by atoms with van der Waals surface area (Å²) in [7, 11) is 0.